The number of nitrogens with zero attached hydrogens (tertiary/aromatic N) is 1. The maximum absolute atomic E-state index is 4.50. The molecule has 1 aromatic carbocycles. The Labute approximate surface area is 119 Å². The molecule has 2 rings (SSSR count). The molecule has 0 bridgehead atoms. The summed E-state index contributed by atoms with van der Waals surface area (Å²) in [6.07, 6.45) is 3.68. The van der Waals surface area contributed by atoms with Gasteiger partial charge in [0.2, 0.25) is 0 Å². The van der Waals surface area contributed by atoms with Gasteiger partial charge in [-0.2, -0.15) is 0 Å². The Morgan fingerprint density at radius 2 is 1.60 bits per heavy atom. The molecular formula is C10H12I2N2V. The molecule has 81 valence electrons. The molecule has 0 amide bonds. The predicted molar refractivity (Wildman–Crippen MR) is 79.9 cm³/mol. The number of rotatable bonds is 0. The topological polar surface area (TPSA) is 38.9 Å². The van der Waals surface area contributed by atoms with Gasteiger partial charge in [0.1, 0.15) is 0 Å². The summed E-state index contributed by atoms with van der Waals surface area (Å²) in [4.78, 5) is 4.01. The summed E-state index contributed by atoms with van der Waals surface area (Å²) in [5.74, 6) is 0. The molecule has 2 N–H and O–H groups in total. The number of hydrogen-bond acceptors (Lipinski definition) is 2. The van der Waals surface area contributed by atoms with Crippen LogP contribution in [0.1, 0.15) is 0 Å². The van der Waals surface area contributed by atoms with Gasteiger partial charge < -0.3 is 5.73 Å². The van der Waals surface area contributed by atoms with Crippen molar-refractivity contribution in [2.45, 2.75) is 0 Å². The summed E-state index contributed by atoms with van der Waals surface area (Å²) in [7, 11) is 2.13. The molecule has 0 spiro atoms. The molecule has 2 aromatic rings. The number of fused-ring (bicyclic) bond motifs is 1. The minimum absolute atomic E-state index is 0.628. The maximum Gasteiger partial charge on any atom is 0.0346 e. The summed E-state index contributed by atoms with van der Waals surface area (Å²) < 4.78 is 0. The normalized spacial score (nSPS) is 8.00. The quantitative estimate of drug-likeness (QED) is 0.605. The third kappa shape index (κ3) is 6.73. The van der Waals surface area contributed by atoms with E-state index in [4.69, 9.17) is 0 Å². The fourth-order valence-corrected chi connectivity index (χ4v) is 1.03. The number of benzene rings is 1. The first kappa shape index (κ1) is 15.6. The first-order valence-corrected chi connectivity index (χ1v) is 13.2. The van der Waals surface area contributed by atoms with Crippen LogP contribution in [0.25, 0.3) is 10.8 Å². The Balaban J connectivity index is 0.000000342. The summed E-state index contributed by atoms with van der Waals surface area (Å²) in [5, 5.41) is 2.45. The Bertz CT molecular complexity index is 306. The zero-order valence-electron chi connectivity index (χ0n) is 8.27. The van der Waals surface area contributed by atoms with Gasteiger partial charge in [0, 0.05) is 12.4 Å². The van der Waals surface area contributed by atoms with E-state index >= 15 is 0 Å². The third-order valence-electron chi connectivity index (χ3n) is 1.55. The van der Waals surface area contributed by atoms with Crippen LogP contribution in [-0.2, 0) is 9.47 Å². The van der Waals surface area contributed by atoms with Crippen LogP contribution < -0.4 is 5.73 Å². The fraction of sp³-hybridized carbons (Fsp3) is 0.100. The second kappa shape index (κ2) is 11.1. The van der Waals surface area contributed by atoms with Crippen molar-refractivity contribution in [3.63, 3.8) is 0 Å². The molecular weight excluding hydrogens is 453 g/mol. The number of hydrogen-bond donors (Lipinski definition) is 1. The monoisotopic (exact) mass is 465 g/mol. The fourth-order valence-electron chi connectivity index (χ4n) is 1.03. The molecule has 0 aliphatic heterocycles. The van der Waals surface area contributed by atoms with Crippen LogP contribution in [0, 0.1) is 0 Å². The molecule has 0 radical (unpaired) electrons. The van der Waals surface area contributed by atoms with Crippen LogP contribution in [0.4, 0.5) is 0 Å². The first-order chi connectivity index (χ1) is 7.38. The van der Waals surface area contributed by atoms with Crippen molar-refractivity contribution in [2.24, 2.45) is 5.73 Å². The van der Waals surface area contributed by atoms with Gasteiger partial charge in [-0.25, -0.2) is 0 Å². The smallest absolute Gasteiger partial charge is 0.0346 e. The van der Waals surface area contributed by atoms with Crippen LogP contribution in [0.5, 0.6) is 0 Å². The average Bonchev–Trinajstić information content (AvgIpc) is 2.33. The second-order valence-corrected chi connectivity index (χ2v) is 14.1. The van der Waals surface area contributed by atoms with Crippen molar-refractivity contribution in [3.8, 4) is 0 Å². The molecule has 0 fully saturated rings. The predicted octanol–water partition coefficient (Wildman–Crippen LogP) is 3.58. The standard InChI is InChI=1S/C9H7N.CH5N.2HI.V/c1-2-4-9-7-10-6-5-8(9)3-1;1-2;;;/h1-7H;2H2,1H3;2*1H;/q;;;;+2/p-2. The van der Waals surface area contributed by atoms with Crippen LogP contribution in [0.2, 0.25) is 0 Å². The SMILES string of the molecule is CN.[I][V][I].c1ccc2cnccc2c1. The Hall–Kier alpha value is 0.634. The van der Waals surface area contributed by atoms with Gasteiger partial charge in [0.25, 0.3) is 0 Å². The van der Waals surface area contributed by atoms with Gasteiger partial charge in [0.15, 0.2) is 0 Å². The molecule has 0 aliphatic carbocycles. The van der Waals surface area contributed by atoms with E-state index in [0.717, 1.165) is 0 Å². The van der Waals surface area contributed by atoms with E-state index in [2.05, 4.69) is 62.8 Å². The van der Waals surface area contributed by atoms with Gasteiger partial charge in [-0.05, 0) is 23.9 Å². The average molecular weight is 465 g/mol. The minimum atomic E-state index is 0.628. The summed E-state index contributed by atoms with van der Waals surface area (Å²) >= 11 is 4.74. The molecule has 15 heavy (non-hydrogen) atoms. The molecule has 0 saturated carbocycles. The largest absolute Gasteiger partial charge is 0.264 e. The molecule has 0 saturated heterocycles. The van der Waals surface area contributed by atoms with E-state index in [-0.39, 0.29) is 0 Å². The summed E-state index contributed by atoms with van der Waals surface area (Å²) in [6, 6.07) is 10.2. The van der Waals surface area contributed by atoms with Crippen molar-refractivity contribution < 1.29 is 9.47 Å². The summed E-state index contributed by atoms with van der Waals surface area (Å²) in [5.41, 5.74) is 4.50. The van der Waals surface area contributed by atoms with Crippen LogP contribution in [0.3, 0.4) is 0 Å². The van der Waals surface area contributed by atoms with Crippen molar-refractivity contribution >= 4 is 50.7 Å². The van der Waals surface area contributed by atoms with Crippen molar-refractivity contribution in [3.05, 3.63) is 42.7 Å². The van der Waals surface area contributed by atoms with E-state index in [1.54, 1.807) is 0 Å². The third-order valence-corrected chi connectivity index (χ3v) is 1.55. The molecule has 5 heteroatoms. The van der Waals surface area contributed by atoms with Crippen molar-refractivity contribution in [2.75, 3.05) is 7.05 Å². The second-order valence-electron chi connectivity index (χ2n) is 2.29. The van der Waals surface area contributed by atoms with Gasteiger partial charge in [-0.1, -0.05) is 24.3 Å². The molecule has 1 heterocycles. The Morgan fingerprint density at radius 1 is 1.07 bits per heavy atom. The van der Waals surface area contributed by atoms with E-state index in [1.807, 2.05) is 30.6 Å². The van der Waals surface area contributed by atoms with Gasteiger partial charge in [0.05, 0.1) is 0 Å². The van der Waals surface area contributed by atoms with Crippen LogP contribution in [-0.4, -0.2) is 12.0 Å². The number of aromatic nitrogens is 1. The zero-order chi connectivity index (χ0) is 11.5. The van der Waals surface area contributed by atoms with E-state index in [1.165, 1.54) is 17.8 Å². The Morgan fingerprint density at radius 3 is 2.13 bits per heavy atom. The van der Waals surface area contributed by atoms with E-state index in [9.17, 15) is 0 Å². The number of halogens is 2. The van der Waals surface area contributed by atoms with Gasteiger partial charge in [-0.15, -0.1) is 0 Å². The van der Waals surface area contributed by atoms with Gasteiger partial charge >= 0.3 is 49.4 Å². The first-order valence-electron chi connectivity index (χ1n) is 4.17. The van der Waals surface area contributed by atoms with Crippen molar-refractivity contribution in [1.29, 1.82) is 0 Å². The van der Waals surface area contributed by atoms with Gasteiger partial charge in [-0.3, -0.25) is 4.98 Å². The van der Waals surface area contributed by atoms with Crippen LogP contribution in [0.15, 0.2) is 42.7 Å². The summed E-state index contributed by atoms with van der Waals surface area (Å²) in [6.45, 7) is 0. The Kier molecular flexibility index (Phi) is 11.6. The van der Waals surface area contributed by atoms with E-state index < -0.39 is 0 Å². The molecule has 0 unspecified atom stereocenters. The number of nitrogens with two attached hydrogens (primary N) is 1. The maximum atomic E-state index is 4.50. The molecule has 0 atom stereocenters. The molecule has 2 nitrogen and oxygen atoms in total. The van der Waals surface area contributed by atoms with Crippen LogP contribution >= 0.6 is 40.0 Å². The molecule has 0 aliphatic rings. The zero-order valence-corrected chi connectivity index (χ0v) is 14.0. The van der Waals surface area contributed by atoms with Crippen molar-refractivity contribution in [1.82, 2.24) is 4.98 Å². The van der Waals surface area contributed by atoms with E-state index in [0.29, 0.717) is 9.47 Å². The molecule has 1 aromatic heterocycles. The minimum Gasteiger partial charge on any atom is -0.264 e. The number of pyridine rings is 1.